The summed E-state index contributed by atoms with van der Waals surface area (Å²) in [6.45, 7) is 0. The molecule has 57 heavy (non-hydrogen) atoms. The van der Waals surface area contributed by atoms with Crippen LogP contribution in [-0.2, 0) is 5.41 Å². The van der Waals surface area contributed by atoms with E-state index >= 15 is 0 Å². The molecule has 2 aromatic heterocycles. The highest BCUT2D eigenvalue weighted by molar-refractivity contribution is 6.06. The Morgan fingerprint density at radius 3 is 1.58 bits per heavy atom. The zero-order valence-electron chi connectivity index (χ0n) is 31.1. The Hall–Kier alpha value is -7.49. The Kier molecular flexibility index (Phi) is 7.71. The summed E-state index contributed by atoms with van der Waals surface area (Å²) >= 11 is 0. The Labute approximate surface area is 331 Å². The largest absolute Gasteiger partial charge is 0.456 e. The van der Waals surface area contributed by atoms with Crippen LogP contribution in [0.1, 0.15) is 22.3 Å². The molecule has 1 aliphatic rings. The van der Waals surface area contributed by atoms with Crippen molar-refractivity contribution in [3.05, 3.63) is 241 Å². The molecule has 3 nitrogen and oxygen atoms in total. The summed E-state index contributed by atoms with van der Waals surface area (Å²) < 4.78 is 6.12. The predicted molar refractivity (Wildman–Crippen MR) is 234 cm³/mol. The number of pyridine rings is 1. The molecule has 3 heteroatoms. The highest BCUT2D eigenvalue weighted by atomic mass is 16.3. The lowest BCUT2D eigenvalue weighted by Crippen LogP contribution is -2.28. The molecule has 0 atom stereocenters. The quantitative estimate of drug-likeness (QED) is 0.164. The van der Waals surface area contributed by atoms with E-state index in [0.717, 1.165) is 61.4 Å². The van der Waals surface area contributed by atoms with Crippen LogP contribution in [0, 0.1) is 0 Å². The van der Waals surface area contributed by atoms with Gasteiger partial charge in [-0.25, -0.2) is 0 Å². The molecule has 8 aromatic carbocycles. The number of hydrogen-bond donors (Lipinski definition) is 0. The van der Waals surface area contributed by atoms with Gasteiger partial charge in [0, 0.05) is 39.6 Å². The van der Waals surface area contributed by atoms with Crippen molar-refractivity contribution in [3.8, 4) is 33.5 Å². The molecule has 0 saturated carbocycles. The summed E-state index contributed by atoms with van der Waals surface area (Å²) in [5, 5.41) is 2.26. The maximum Gasteiger partial charge on any atom is 0.135 e. The summed E-state index contributed by atoms with van der Waals surface area (Å²) in [6.07, 6.45) is 1.84. The maximum absolute atomic E-state index is 6.12. The molecule has 0 radical (unpaired) electrons. The van der Waals surface area contributed by atoms with Gasteiger partial charge in [0.2, 0.25) is 0 Å². The smallest absolute Gasteiger partial charge is 0.135 e. The fourth-order valence-corrected chi connectivity index (χ4v) is 9.04. The lowest BCUT2D eigenvalue weighted by atomic mass is 9.68. The maximum atomic E-state index is 6.12. The van der Waals surface area contributed by atoms with Crippen molar-refractivity contribution in [1.29, 1.82) is 0 Å². The molecule has 0 fully saturated rings. The van der Waals surface area contributed by atoms with E-state index in [1.54, 1.807) is 0 Å². The molecular weight excluding hydrogens is 693 g/mol. The van der Waals surface area contributed by atoms with Gasteiger partial charge in [-0.15, -0.1) is 0 Å². The van der Waals surface area contributed by atoms with Crippen molar-refractivity contribution in [1.82, 2.24) is 4.98 Å². The second kappa shape index (κ2) is 13.4. The predicted octanol–water partition coefficient (Wildman–Crippen LogP) is 14.1. The number of para-hydroxylation sites is 1. The van der Waals surface area contributed by atoms with Crippen molar-refractivity contribution in [2.75, 3.05) is 4.90 Å². The van der Waals surface area contributed by atoms with Crippen LogP contribution >= 0.6 is 0 Å². The zero-order chi connectivity index (χ0) is 37.8. The lowest BCUT2D eigenvalue weighted by molar-refractivity contribution is 0.669. The molecule has 0 saturated heterocycles. The number of nitrogens with zero attached hydrogens (tertiary/aromatic N) is 2. The fourth-order valence-electron chi connectivity index (χ4n) is 9.04. The zero-order valence-corrected chi connectivity index (χ0v) is 31.1. The minimum absolute atomic E-state index is 0.453. The monoisotopic (exact) mass is 728 g/mol. The van der Waals surface area contributed by atoms with Crippen molar-refractivity contribution in [2.24, 2.45) is 0 Å². The highest BCUT2D eigenvalue weighted by Gasteiger charge is 2.45. The Morgan fingerprint density at radius 2 is 0.912 bits per heavy atom. The summed E-state index contributed by atoms with van der Waals surface area (Å²) in [4.78, 5) is 6.94. The molecule has 11 rings (SSSR count). The molecule has 268 valence electrons. The van der Waals surface area contributed by atoms with Gasteiger partial charge in [0.25, 0.3) is 0 Å². The van der Waals surface area contributed by atoms with Crippen LogP contribution in [-0.4, -0.2) is 4.98 Å². The number of aromatic nitrogens is 1. The molecule has 2 heterocycles. The second-order valence-corrected chi connectivity index (χ2v) is 14.7. The molecule has 1 aliphatic carbocycles. The van der Waals surface area contributed by atoms with Crippen molar-refractivity contribution < 1.29 is 4.42 Å². The number of hydrogen-bond acceptors (Lipinski definition) is 3. The summed E-state index contributed by atoms with van der Waals surface area (Å²) in [7, 11) is 0. The molecular formula is C54H36N2O. The number of anilines is 3. The van der Waals surface area contributed by atoms with E-state index < -0.39 is 5.41 Å². The van der Waals surface area contributed by atoms with Crippen LogP contribution in [0.4, 0.5) is 17.1 Å². The lowest BCUT2D eigenvalue weighted by Gasteiger charge is -2.34. The van der Waals surface area contributed by atoms with Gasteiger partial charge in [-0.1, -0.05) is 146 Å². The average molecular weight is 729 g/mol. The third kappa shape index (κ3) is 5.32. The van der Waals surface area contributed by atoms with Gasteiger partial charge in [-0.2, -0.15) is 0 Å². The topological polar surface area (TPSA) is 29.3 Å². The van der Waals surface area contributed by atoms with E-state index in [4.69, 9.17) is 4.42 Å². The minimum Gasteiger partial charge on any atom is -0.456 e. The van der Waals surface area contributed by atoms with Crippen LogP contribution in [0.2, 0.25) is 0 Å². The van der Waals surface area contributed by atoms with Gasteiger partial charge in [-0.3, -0.25) is 4.98 Å². The van der Waals surface area contributed by atoms with E-state index in [-0.39, 0.29) is 0 Å². The van der Waals surface area contributed by atoms with Crippen molar-refractivity contribution >= 4 is 39.0 Å². The van der Waals surface area contributed by atoms with E-state index in [0.29, 0.717) is 0 Å². The number of rotatable bonds is 7. The van der Waals surface area contributed by atoms with Crippen molar-refractivity contribution in [3.63, 3.8) is 0 Å². The molecule has 0 N–H and O–H groups in total. The van der Waals surface area contributed by atoms with Gasteiger partial charge < -0.3 is 9.32 Å². The van der Waals surface area contributed by atoms with E-state index in [1.165, 1.54) is 33.4 Å². The number of fused-ring (bicyclic) bond motifs is 6. The van der Waals surface area contributed by atoms with E-state index in [1.807, 2.05) is 30.5 Å². The minimum atomic E-state index is -0.453. The van der Waals surface area contributed by atoms with Gasteiger partial charge in [0.15, 0.2) is 0 Å². The molecule has 0 amide bonds. The first kappa shape index (κ1) is 32.9. The normalized spacial score (nSPS) is 12.7. The van der Waals surface area contributed by atoms with Gasteiger partial charge in [-0.05, 0) is 111 Å². The Balaban J connectivity index is 1.03. The van der Waals surface area contributed by atoms with Gasteiger partial charge >= 0.3 is 0 Å². The van der Waals surface area contributed by atoms with Crippen molar-refractivity contribution in [2.45, 2.75) is 5.41 Å². The first-order chi connectivity index (χ1) is 28.3. The number of benzene rings is 8. The van der Waals surface area contributed by atoms with Crippen LogP contribution in [0.25, 0.3) is 55.4 Å². The molecule has 0 unspecified atom stereocenters. The second-order valence-electron chi connectivity index (χ2n) is 14.7. The summed E-state index contributed by atoms with van der Waals surface area (Å²) in [5.74, 6) is 0. The molecule has 10 aromatic rings. The third-order valence-corrected chi connectivity index (χ3v) is 11.6. The van der Waals surface area contributed by atoms with Gasteiger partial charge in [0.05, 0.1) is 11.1 Å². The van der Waals surface area contributed by atoms with Crippen LogP contribution in [0.3, 0.4) is 0 Å². The van der Waals surface area contributed by atoms with Crippen LogP contribution in [0.5, 0.6) is 0 Å². The first-order valence-corrected chi connectivity index (χ1v) is 19.4. The average Bonchev–Trinajstić information content (AvgIpc) is 3.81. The molecule has 0 spiro atoms. The number of furan rings is 1. The van der Waals surface area contributed by atoms with Gasteiger partial charge in [0.1, 0.15) is 11.2 Å². The van der Waals surface area contributed by atoms with Crippen LogP contribution < -0.4 is 4.90 Å². The Morgan fingerprint density at radius 1 is 0.386 bits per heavy atom. The van der Waals surface area contributed by atoms with Crippen LogP contribution in [0.15, 0.2) is 223 Å². The molecule has 0 aliphatic heterocycles. The highest BCUT2D eigenvalue weighted by Crippen LogP contribution is 2.56. The van der Waals surface area contributed by atoms with E-state index in [2.05, 4.69) is 198 Å². The third-order valence-electron chi connectivity index (χ3n) is 11.6. The summed E-state index contributed by atoms with van der Waals surface area (Å²) in [5.41, 5.74) is 16.6. The Bertz CT molecular complexity index is 2990. The summed E-state index contributed by atoms with van der Waals surface area (Å²) in [6, 6.07) is 76.3. The molecule has 0 bridgehead atoms. The fraction of sp³-hybridized carbons (Fsp3) is 0.0185. The van der Waals surface area contributed by atoms with E-state index in [9.17, 15) is 0 Å². The first-order valence-electron chi connectivity index (χ1n) is 19.4. The SMILES string of the molecule is c1ccc(C2(c3ccc(N(c4ccc(-c5ccc6oc7ccccc7c6c5)cc4)c4ccc(-c5ccccn5)cc4)cc3)c3ccccc3-c3ccccc32)cc1. The standard InChI is InChI=1S/C54H36N2O/c1-2-12-40(13-3-1)54(49-17-7-4-14-45(49)46-15-5-8-18-50(46)54)41-26-32-44(33-27-41)56(43-30-23-38(24-31-43)51-19-10-11-35-55-51)42-28-21-37(22-29-42)39-25-34-53-48(36-39)47-16-6-9-20-52(47)57-53/h1-36H.